The van der Waals surface area contributed by atoms with E-state index in [1.807, 2.05) is 0 Å². The standard InChI is InChI=1S/C10H15N3O/c1-10(2)7-5-3-4-6(7)8(10)12-13-9(11)14/h3,5-7H,4H2,1-2H3,(H3,11,13,14)/b12-8+/t6-,7+/m0/s1. The molecule has 0 saturated heterocycles. The minimum Gasteiger partial charge on any atom is -0.350 e. The molecule has 0 spiro atoms. The van der Waals surface area contributed by atoms with E-state index in [9.17, 15) is 4.79 Å². The number of nitrogens with one attached hydrogen (secondary N) is 1. The van der Waals surface area contributed by atoms with Crippen molar-refractivity contribution in [3.63, 3.8) is 0 Å². The molecular formula is C10H15N3O. The van der Waals surface area contributed by atoms with Gasteiger partial charge in [0.05, 0.1) is 0 Å². The number of fused-ring (bicyclic) bond motifs is 1. The van der Waals surface area contributed by atoms with Crippen LogP contribution in [0, 0.1) is 17.3 Å². The van der Waals surface area contributed by atoms with Gasteiger partial charge in [0, 0.05) is 17.0 Å². The lowest BCUT2D eigenvalue weighted by Crippen LogP contribution is -2.52. The monoisotopic (exact) mass is 193 g/mol. The van der Waals surface area contributed by atoms with Crippen LogP contribution in [0.25, 0.3) is 0 Å². The predicted octanol–water partition coefficient (Wildman–Crippen LogP) is 1.24. The summed E-state index contributed by atoms with van der Waals surface area (Å²) >= 11 is 0. The molecule has 0 aliphatic heterocycles. The smallest absolute Gasteiger partial charge is 0.332 e. The van der Waals surface area contributed by atoms with Gasteiger partial charge >= 0.3 is 6.03 Å². The average Bonchev–Trinajstić information content (AvgIpc) is 2.49. The molecule has 2 atom stereocenters. The number of nitrogens with two attached hydrogens (primary N) is 1. The molecule has 76 valence electrons. The first-order chi connectivity index (χ1) is 6.53. The first kappa shape index (κ1) is 9.24. The summed E-state index contributed by atoms with van der Waals surface area (Å²) in [7, 11) is 0. The van der Waals surface area contributed by atoms with E-state index in [-0.39, 0.29) is 5.41 Å². The third kappa shape index (κ3) is 1.14. The fourth-order valence-corrected chi connectivity index (χ4v) is 2.57. The highest BCUT2D eigenvalue weighted by molar-refractivity contribution is 5.99. The molecule has 2 aliphatic rings. The van der Waals surface area contributed by atoms with Crippen LogP contribution in [0.2, 0.25) is 0 Å². The number of carbonyl (C=O) groups is 1. The Morgan fingerprint density at radius 3 is 3.07 bits per heavy atom. The first-order valence-corrected chi connectivity index (χ1v) is 4.83. The summed E-state index contributed by atoms with van der Waals surface area (Å²) in [4.78, 5) is 10.5. The molecule has 0 radical (unpaired) electrons. The molecule has 0 heterocycles. The van der Waals surface area contributed by atoms with Crippen LogP contribution in [0.3, 0.4) is 0 Å². The minimum atomic E-state index is -0.595. The zero-order valence-electron chi connectivity index (χ0n) is 8.45. The number of carbonyl (C=O) groups excluding carboxylic acids is 1. The number of allylic oxidation sites excluding steroid dienone is 2. The lowest BCUT2D eigenvalue weighted by Gasteiger charge is -2.48. The van der Waals surface area contributed by atoms with Crippen molar-refractivity contribution >= 4 is 11.7 Å². The van der Waals surface area contributed by atoms with Crippen LogP contribution in [0.15, 0.2) is 17.3 Å². The second-order valence-electron chi connectivity index (χ2n) is 4.49. The van der Waals surface area contributed by atoms with Gasteiger partial charge in [-0.25, -0.2) is 10.2 Å². The van der Waals surface area contributed by atoms with E-state index < -0.39 is 6.03 Å². The van der Waals surface area contributed by atoms with Gasteiger partial charge < -0.3 is 5.73 Å². The molecule has 0 aromatic rings. The van der Waals surface area contributed by atoms with Gasteiger partial charge in [-0.1, -0.05) is 26.0 Å². The summed E-state index contributed by atoms with van der Waals surface area (Å²) in [5, 5.41) is 4.08. The number of hydrogen-bond donors (Lipinski definition) is 2. The van der Waals surface area contributed by atoms with Gasteiger partial charge in [0.15, 0.2) is 0 Å². The Labute approximate surface area is 83.2 Å². The maximum atomic E-state index is 10.5. The molecule has 4 heteroatoms. The third-order valence-corrected chi connectivity index (χ3v) is 3.30. The highest BCUT2D eigenvalue weighted by Crippen LogP contribution is 2.53. The largest absolute Gasteiger partial charge is 0.350 e. The van der Waals surface area contributed by atoms with Gasteiger partial charge in [0.1, 0.15) is 0 Å². The Kier molecular flexibility index (Phi) is 1.87. The van der Waals surface area contributed by atoms with Crippen LogP contribution in [0.4, 0.5) is 4.79 Å². The number of primary amides is 1. The highest BCUT2D eigenvalue weighted by atomic mass is 16.2. The maximum absolute atomic E-state index is 10.5. The minimum absolute atomic E-state index is 0.0696. The molecule has 1 saturated carbocycles. The molecule has 2 aliphatic carbocycles. The van der Waals surface area contributed by atoms with E-state index >= 15 is 0 Å². The van der Waals surface area contributed by atoms with E-state index in [2.05, 4.69) is 36.5 Å². The predicted molar refractivity (Wildman–Crippen MR) is 54.7 cm³/mol. The van der Waals surface area contributed by atoms with Crippen LogP contribution in [-0.2, 0) is 0 Å². The summed E-state index contributed by atoms with van der Waals surface area (Å²) in [5.74, 6) is 1.06. The average molecular weight is 193 g/mol. The normalized spacial score (nSPS) is 35.1. The molecule has 1 fully saturated rings. The Hall–Kier alpha value is -1.32. The zero-order chi connectivity index (χ0) is 10.3. The molecule has 2 rings (SSSR count). The van der Waals surface area contributed by atoms with Crippen molar-refractivity contribution in [1.82, 2.24) is 5.43 Å². The van der Waals surface area contributed by atoms with Crippen LogP contribution in [-0.4, -0.2) is 11.7 Å². The fourth-order valence-electron chi connectivity index (χ4n) is 2.57. The summed E-state index contributed by atoms with van der Waals surface area (Å²) in [6, 6.07) is -0.595. The van der Waals surface area contributed by atoms with E-state index in [1.54, 1.807) is 0 Å². The second kappa shape index (κ2) is 2.83. The van der Waals surface area contributed by atoms with Crippen LogP contribution >= 0.6 is 0 Å². The van der Waals surface area contributed by atoms with Crippen molar-refractivity contribution in [2.45, 2.75) is 20.3 Å². The lowest BCUT2D eigenvalue weighted by atomic mass is 9.55. The van der Waals surface area contributed by atoms with Crippen molar-refractivity contribution in [3.8, 4) is 0 Å². The van der Waals surface area contributed by atoms with E-state index in [0.717, 1.165) is 12.1 Å². The number of amides is 2. The third-order valence-electron chi connectivity index (χ3n) is 3.30. The van der Waals surface area contributed by atoms with Crippen LogP contribution < -0.4 is 11.2 Å². The lowest BCUT2D eigenvalue weighted by molar-refractivity contribution is 0.230. The SMILES string of the molecule is CC1(C)/C(=N/NC(N)=O)[C@H]2CC=C[C@H]21. The van der Waals surface area contributed by atoms with Gasteiger partial charge in [0.25, 0.3) is 0 Å². The highest BCUT2D eigenvalue weighted by Gasteiger charge is 2.53. The number of urea groups is 1. The number of hydrazone groups is 1. The Morgan fingerprint density at radius 1 is 1.71 bits per heavy atom. The van der Waals surface area contributed by atoms with E-state index in [0.29, 0.717) is 11.8 Å². The second-order valence-corrected chi connectivity index (χ2v) is 4.49. The van der Waals surface area contributed by atoms with Crippen molar-refractivity contribution < 1.29 is 4.79 Å². The Balaban J connectivity index is 2.14. The number of rotatable bonds is 1. The molecular weight excluding hydrogens is 178 g/mol. The molecule has 0 unspecified atom stereocenters. The van der Waals surface area contributed by atoms with E-state index in [1.165, 1.54) is 0 Å². The van der Waals surface area contributed by atoms with Crippen LogP contribution in [0.1, 0.15) is 20.3 Å². The molecule has 4 nitrogen and oxygen atoms in total. The fraction of sp³-hybridized carbons (Fsp3) is 0.600. The quantitative estimate of drug-likeness (QED) is 0.477. The molecule has 0 aromatic carbocycles. The van der Waals surface area contributed by atoms with Gasteiger partial charge in [-0.2, -0.15) is 5.10 Å². The van der Waals surface area contributed by atoms with Gasteiger partial charge in [-0.15, -0.1) is 0 Å². The molecule has 2 amide bonds. The molecule has 0 aromatic heterocycles. The molecule has 0 bridgehead atoms. The molecule has 14 heavy (non-hydrogen) atoms. The van der Waals surface area contributed by atoms with Crippen molar-refractivity contribution in [2.24, 2.45) is 28.1 Å². The maximum Gasteiger partial charge on any atom is 0.332 e. The number of hydrogen-bond acceptors (Lipinski definition) is 2. The van der Waals surface area contributed by atoms with Crippen molar-refractivity contribution in [2.75, 3.05) is 0 Å². The Bertz CT molecular complexity index is 330. The van der Waals surface area contributed by atoms with Crippen molar-refractivity contribution in [3.05, 3.63) is 12.2 Å². The van der Waals surface area contributed by atoms with Crippen molar-refractivity contribution in [1.29, 1.82) is 0 Å². The molecule has 3 N–H and O–H groups in total. The van der Waals surface area contributed by atoms with Gasteiger partial charge in [-0.05, 0) is 12.3 Å². The number of nitrogens with zero attached hydrogens (tertiary/aromatic N) is 1. The summed E-state index contributed by atoms with van der Waals surface area (Å²) < 4.78 is 0. The van der Waals surface area contributed by atoms with Gasteiger partial charge in [-0.3, -0.25) is 0 Å². The zero-order valence-corrected chi connectivity index (χ0v) is 8.45. The Morgan fingerprint density at radius 2 is 2.43 bits per heavy atom. The first-order valence-electron chi connectivity index (χ1n) is 4.83. The topological polar surface area (TPSA) is 67.5 Å². The summed E-state index contributed by atoms with van der Waals surface area (Å²) in [5.41, 5.74) is 8.42. The summed E-state index contributed by atoms with van der Waals surface area (Å²) in [6.45, 7) is 4.29. The van der Waals surface area contributed by atoms with Crippen LogP contribution in [0.5, 0.6) is 0 Å². The van der Waals surface area contributed by atoms with E-state index in [4.69, 9.17) is 5.73 Å². The van der Waals surface area contributed by atoms with Gasteiger partial charge in [0.2, 0.25) is 0 Å². The summed E-state index contributed by atoms with van der Waals surface area (Å²) in [6.07, 6.45) is 5.46.